The molecule has 4 nitrogen and oxygen atoms in total. The summed E-state index contributed by atoms with van der Waals surface area (Å²) in [7, 11) is 0. The van der Waals surface area contributed by atoms with Crippen LogP contribution in [0.25, 0.3) is 0 Å². The highest BCUT2D eigenvalue weighted by molar-refractivity contribution is 5.91. The molecule has 0 bridgehead atoms. The maximum atomic E-state index is 11.3. The van der Waals surface area contributed by atoms with Crippen molar-refractivity contribution in [3.05, 3.63) is 18.1 Å². The largest absolute Gasteiger partial charge is 0.310 e. The zero-order valence-electron chi connectivity index (χ0n) is 8.74. The van der Waals surface area contributed by atoms with Crippen LogP contribution in [-0.4, -0.2) is 15.9 Å². The molecular weight excluding hydrogens is 178 g/mol. The van der Waals surface area contributed by atoms with Crippen LogP contribution >= 0.6 is 0 Å². The van der Waals surface area contributed by atoms with Gasteiger partial charge in [-0.25, -0.2) is 9.97 Å². The molecule has 0 aliphatic heterocycles. The van der Waals surface area contributed by atoms with Gasteiger partial charge in [-0.15, -0.1) is 0 Å². The van der Waals surface area contributed by atoms with Crippen molar-refractivity contribution in [1.82, 2.24) is 9.97 Å². The molecule has 76 valence electrons. The summed E-state index contributed by atoms with van der Waals surface area (Å²) in [4.78, 5) is 19.4. The molecule has 0 aliphatic rings. The molecule has 0 atom stereocenters. The first-order valence-electron chi connectivity index (χ1n) is 4.75. The number of aromatic nitrogens is 2. The lowest BCUT2D eigenvalue weighted by molar-refractivity contribution is -0.118. The molecule has 0 aromatic carbocycles. The summed E-state index contributed by atoms with van der Waals surface area (Å²) in [6, 6.07) is 1.79. The molecule has 14 heavy (non-hydrogen) atoms. The Kier molecular flexibility index (Phi) is 3.56. The van der Waals surface area contributed by atoms with Crippen molar-refractivity contribution in [1.29, 1.82) is 0 Å². The Morgan fingerprint density at radius 1 is 1.50 bits per heavy atom. The van der Waals surface area contributed by atoms with Gasteiger partial charge in [0.05, 0.1) is 0 Å². The summed E-state index contributed by atoms with van der Waals surface area (Å²) in [6.07, 6.45) is 2.31. The average Bonchev–Trinajstić information content (AvgIpc) is 2.18. The highest BCUT2D eigenvalue weighted by Gasteiger charge is 2.07. The Hall–Kier alpha value is -1.45. The highest BCUT2D eigenvalue weighted by atomic mass is 16.1. The third-order valence-electron chi connectivity index (χ3n) is 1.86. The number of hydrogen-bond donors (Lipinski definition) is 1. The van der Waals surface area contributed by atoms with E-state index in [1.54, 1.807) is 6.07 Å². The summed E-state index contributed by atoms with van der Waals surface area (Å²) in [5.41, 5.74) is 0.930. The predicted octanol–water partition coefficient (Wildman–Crippen LogP) is 1.63. The van der Waals surface area contributed by atoms with Crippen LogP contribution in [0.15, 0.2) is 12.4 Å². The van der Waals surface area contributed by atoms with Gasteiger partial charge in [0.1, 0.15) is 12.1 Å². The van der Waals surface area contributed by atoms with Gasteiger partial charge in [-0.3, -0.25) is 4.79 Å². The lowest BCUT2D eigenvalue weighted by atomic mass is 10.2. The Morgan fingerprint density at radius 2 is 2.21 bits per heavy atom. The van der Waals surface area contributed by atoms with Crippen molar-refractivity contribution in [3.8, 4) is 0 Å². The van der Waals surface area contributed by atoms with Crippen molar-refractivity contribution >= 4 is 11.7 Å². The lowest BCUT2D eigenvalue weighted by Gasteiger charge is -2.06. The van der Waals surface area contributed by atoms with E-state index in [1.807, 2.05) is 20.8 Å². The zero-order valence-corrected chi connectivity index (χ0v) is 8.74. The number of carbonyl (C=O) groups is 1. The summed E-state index contributed by atoms with van der Waals surface area (Å²) in [5, 5.41) is 2.73. The van der Waals surface area contributed by atoms with Crippen LogP contribution in [0.5, 0.6) is 0 Å². The second-order valence-electron chi connectivity index (χ2n) is 3.39. The van der Waals surface area contributed by atoms with Gasteiger partial charge in [-0.05, 0) is 6.42 Å². The van der Waals surface area contributed by atoms with Crippen LogP contribution < -0.4 is 5.32 Å². The number of rotatable bonds is 3. The molecule has 1 heterocycles. The van der Waals surface area contributed by atoms with Crippen LogP contribution in [0.4, 0.5) is 5.82 Å². The lowest BCUT2D eigenvalue weighted by Crippen LogP contribution is -2.18. The second kappa shape index (κ2) is 4.69. The van der Waals surface area contributed by atoms with Gasteiger partial charge in [0, 0.05) is 17.7 Å². The third kappa shape index (κ3) is 2.80. The molecule has 0 saturated heterocycles. The molecule has 0 fully saturated rings. The van der Waals surface area contributed by atoms with Gasteiger partial charge >= 0.3 is 0 Å². The molecule has 0 unspecified atom stereocenters. The van der Waals surface area contributed by atoms with Crippen LogP contribution in [-0.2, 0) is 11.2 Å². The van der Waals surface area contributed by atoms with Crippen LogP contribution in [0.2, 0.25) is 0 Å². The number of amides is 1. The fraction of sp³-hybridized carbons (Fsp3) is 0.500. The first kappa shape index (κ1) is 10.6. The van der Waals surface area contributed by atoms with E-state index >= 15 is 0 Å². The smallest absolute Gasteiger partial charge is 0.228 e. The van der Waals surface area contributed by atoms with E-state index < -0.39 is 0 Å². The summed E-state index contributed by atoms with van der Waals surface area (Å²) in [6.45, 7) is 5.70. The van der Waals surface area contributed by atoms with E-state index in [9.17, 15) is 4.79 Å². The maximum Gasteiger partial charge on any atom is 0.228 e. The van der Waals surface area contributed by atoms with Crippen molar-refractivity contribution in [2.24, 2.45) is 5.92 Å². The minimum Gasteiger partial charge on any atom is -0.310 e. The van der Waals surface area contributed by atoms with Gasteiger partial charge in [-0.1, -0.05) is 20.8 Å². The number of aryl methyl sites for hydroxylation is 1. The van der Waals surface area contributed by atoms with Gasteiger partial charge in [0.15, 0.2) is 0 Å². The predicted molar refractivity (Wildman–Crippen MR) is 54.9 cm³/mol. The monoisotopic (exact) mass is 193 g/mol. The van der Waals surface area contributed by atoms with E-state index in [1.165, 1.54) is 6.33 Å². The minimum atomic E-state index is -0.0324. The van der Waals surface area contributed by atoms with Crippen molar-refractivity contribution in [3.63, 3.8) is 0 Å². The van der Waals surface area contributed by atoms with Crippen molar-refractivity contribution < 1.29 is 4.79 Å². The van der Waals surface area contributed by atoms with Crippen LogP contribution in [0.3, 0.4) is 0 Å². The third-order valence-corrected chi connectivity index (χ3v) is 1.86. The summed E-state index contributed by atoms with van der Waals surface area (Å²) >= 11 is 0. The molecule has 1 amide bonds. The molecule has 1 N–H and O–H groups in total. The number of nitrogens with one attached hydrogen (secondary N) is 1. The van der Waals surface area contributed by atoms with Crippen molar-refractivity contribution in [2.45, 2.75) is 27.2 Å². The van der Waals surface area contributed by atoms with Gasteiger partial charge in [0.2, 0.25) is 5.91 Å². The number of carbonyl (C=O) groups excluding carboxylic acids is 1. The van der Waals surface area contributed by atoms with Crippen LogP contribution in [0.1, 0.15) is 26.5 Å². The van der Waals surface area contributed by atoms with Crippen molar-refractivity contribution in [2.75, 3.05) is 5.32 Å². The standard InChI is InChI=1S/C10H15N3O/c1-4-8-5-9(12-6-11-8)13-10(14)7(2)3/h5-7H,4H2,1-3H3,(H,11,12,13,14). The summed E-state index contributed by atoms with van der Waals surface area (Å²) in [5.74, 6) is 0.524. The van der Waals surface area contributed by atoms with Crippen LogP contribution in [0, 0.1) is 5.92 Å². The molecule has 1 aromatic rings. The molecule has 1 rings (SSSR count). The molecule has 0 spiro atoms. The molecule has 0 saturated carbocycles. The molecular formula is C10H15N3O. The number of anilines is 1. The fourth-order valence-electron chi connectivity index (χ4n) is 0.930. The first-order chi connectivity index (χ1) is 6.63. The molecule has 4 heteroatoms. The Balaban J connectivity index is 2.72. The fourth-order valence-corrected chi connectivity index (χ4v) is 0.930. The second-order valence-corrected chi connectivity index (χ2v) is 3.39. The quantitative estimate of drug-likeness (QED) is 0.793. The highest BCUT2D eigenvalue weighted by Crippen LogP contribution is 2.06. The van der Waals surface area contributed by atoms with Gasteiger partial charge in [0.25, 0.3) is 0 Å². The zero-order chi connectivity index (χ0) is 10.6. The summed E-state index contributed by atoms with van der Waals surface area (Å²) < 4.78 is 0. The van der Waals surface area contributed by atoms with Gasteiger partial charge < -0.3 is 5.32 Å². The van der Waals surface area contributed by atoms with E-state index in [2.05, 4.69) is 15.3 Å². The van der Waals surface area contributed by atoms with E-state index in [4.69, 9.17) is 0 Å². The SMILES string of the molecule is CCc1cc(NC(=O)C(C)C)ncn1. The number of nitrogens with zero attached hydrogens (tertiary/aromatic N) is 2. The molecule has 0 aliphatic carbocycles. The van der Waals surface area contributed by atoms with E-state index in [0.717, 1.165) is 12.1 Å². The molecule has 1 aromatic heterocycles. The Bertz CT molecular complexity index is 323. The van der Waals surface area contributed by atoms with Gasteiger partial charge in [-0.2, -0.15) is 0 Å². The topological polar surface area (TPSA) is 54.9 Å². The maximum absolute atomic E-state index is 11.3. The Labute approximate surface area is 83.8 Å². The Morgan fingerprint density at radius 3 is 2.79 bits per heavy atom. The minimum absolute atomic E-state index is 0.0225. The number of hydrogen-bond acceptors (Lipinski definition) is 3. The van der Waals surface area contributed by atoms with E-state index in [-0.39, 0.29) is 11.8 Å². The normalized spacial score (nSPS) is 10.3. The first-order valence-corrected chi connectivity index (χ1v) is 4.75. The van der Waals surface area contributed by atoms with E-state index in [0.29, 0.717) is 5.82 Å². The molecule has 0 radical (unpaired) electrons. The average molecular weight is 193 g/mol.